The van der Waals surface area contributed by atoms with E-state index in [9.17, 15) is 0 Å². The van der Waals surface area contributed by atoms with Gasteiger partial charge >= 0.3 is 0 Å². The minimum atomic E-state index is 0.705. The van der Waals surface area contributed by atoms with Gasteiger partial charge in [-0.15, -0.1) is 0 Å². The van der Waals surface area contributed by atoms with Crippen LogP contribution in [0, 0.1) is 5.41 Å². The second-order valence-corrected chi connectivity index (χ2v) is 9.62. The largest absolute Gasteiger partial charge is 0.305 e. The van der Waals surface area contributed by atoms with Crippen LogP contribution in [-0.4, -0.2) is 49.1 Å². The summed E-state index contributed by atoms with van der Waals surface area (Å²) in [6, 6.07) is 0.887. The van der Waals surface area contributed by atoms with Crippen LogP contribution < -0.4 is 0 Å². The molecule has 0 aromatic carbocycles. The van der Waals surface area contributed by atoms with E-state index in [-0.39, 0.29) is 0 Å². The van der Waals surface area contributed by atoms with E-state index in [1.54, 1.807) is 0 Å². The quantitative estimate of drug-likeness (QED) is 0.325. The Morgan fingerprint density at radius 3 is 1.62 bits per heavy atom. The van der Waals surface area contributed by atoms with Crippen LogP contribution in [0.15, 0.2) is 0 Å². The smallest absolute Gasteiger partial charge is 0.00952 e. The summed E-state index contributed by atoms with van der Waals surface area (Å²) in [6.45, 7) is 10.1. The molecule has 2 saturated heterocycles. The van der Waals surface area contributed by atoms with Gasteiger partial charge in [0.15, 0.2) is 0 Å². The Morgan fingerprint density at radius 2 is 1.15 bits per heavy atom. The summed E-state index contributed by atoms with van der Waals surface area (Å²) in [5, 5.41) is 0. The van der Waals surface area contributed by atoms with Gasteiger partial charge in [-0.3, -0.25) is 0 Å². The zero-order valence-electron chi connectivity index (χ0n) is 18.4. The first-order valence-electron chi connectivity index (χ1n) is 12.1. The SMILES string of the molecule is CCCCCCCCC(CCCCCCC)N1CCC2(CC1)CN(C)C2. The molecule has 2 nitrogen and oxygen atoms in total. The van der Waals surface area contributed by atoms with Gasteiger partial charge in [0.05, 0.1) is 0 Å². The van der Waals surface area contributed by atoms with E-state index in [2.05, 4.69) is 30.7 Å². The lowest BCUT2D eigenvalue weighted by molar-refractivity contribution is -0.0418. The number of piperidine rings is 1. The van der Waals surface area contributed by atoms with Crippen LogP contribution in [0.3, 0.4) is 0 Å². The molecule has 0 radical (unpaired) electrons. The van der Waals surface area contributed by atoms with Crippen LogP contribution >= 0.6 is 0 Å². The Bertz CT molecular complexity index is 338. The van der Waals surface area contributed by atoms with Crippen molar-refractivity contribution in [2.45, 2.75) is 116 Å². The molecule has 2 rings (SSSR count). The third-order valence-electron chi connectivity index (χ3n) is 7.12. The van der Waals surface area contributed by atoms with Crippen molar-refractivity contribution in [1.82, 2.24) is 9.80 Å². The lowest BCUT2D eigenvalue weighted by Gasteiger charge is -2.54. The van der Waals surface area contributed by atoms with Crippen LogP contribution in [0.4, 0.5) is 0 Å². The van der Waals surface area contributed by atoms with E-state index in [4.69, 9.17) is 0 Å². The highest BCUT2D eigenvalue weighted by atomic mass is 15.2. The van der Waals surface area contributed by atoms with Crippen molar-refractivity contribution in [1.29, 1.82) is 0 Å². The molecular formula is C24H48N2. The van der Waals surface area contributed by atoms with Crippen molar-refractivity contribution in [2.24, 2.45) is 5.41 Å². The lowest BCUT2D eigenvalue weighted by Crippen LogP contribution is -2.59. The molecule has 2 heteroatoms. The van der Waals surface area contributed by atoms with Crippen LogP contribution in [0.1, 0.15) is 110 Å². The third-order valence-corrected chi connectivity index (χ3v) is 7.12. The summed E-state index contributed by atoms with van der Waals surface area (Å²) >= 11 is 0. The van der Waals surface area contributed by atoms with Gasteiger partial charge in [-0.2, -0.15) is 0 Å². The fourth-order valence-electron chi connectivity index (χ4n) is 5.43. The molecule has 2 aliphatic heterocycles. The first-order chi connectivity index (χ1) is 12.7. The van der Waals surface area contributed by atoms with E-state index in [0.29, 0.717) is 5.41 Å². The Hall–Kier alpha value is -0.0800. The molecule has 154 valence electrons. The minimum absolute atomic E-state index is 0.705. The normalized spacial score (nSPS) is 21.8. The Morgan fingerprint density at radius 1 is 0.692 bits per heavy atom. The van der Waals surface area contributed by atoms with Gasteiger partial charge in [-0.25, -0.2) is 0 Å². The molecule has 0 saturated carbocycles. The molecule has 0 bridgehead atoms. The minimum Gasteiger partial charge on any atom is -0.305 e. The van der Waals surface area contributed by atoms with Gasteiger partial charge in [-0.05, 0) is 51.2 Å². The molecule has 1 unspecified atom stereocenters. The molecule has 26 heavy (non-hydrogen) atoms. The van der Waals surface area contributed by atoms with E-state index in [0.717, 1.165) is 6.04 Å². The molecule has 1 atom stereocenters. The van der Waals surface area contributed by atoms with Gasteiger partial charge in [0.2, 0.25) is 0 Å². The number of nitrogens with zero attached hydrogens (tertiary/aromatic N) is 2. The molecule has 0 N–H and O–H groups in total. The molecule has 0 amide bonds. The summed E-state index contributed by atoms with van der Waals surface area (Å²) in [4.78, 5) is 5.41. The second-order valence-electron chi connectivity index (χ2n) is 9.62. The van der Waals surface area contributed by atoms with Crippen LogP contribution in [0.25, 0.3) is 0 Å². The van der Waals surface area contributed by atoms with Gasteiger partial charge in [0.25, 0.3) is 0 Å². The average Bonchev–Trinajstić information content (AvgIpc) is 2.62. The molecule has 0 aliphatic carbocycles. The van der Waals surface area contributed by atoms with Crippen molar-refractivity contribution in [3.63, 3.8) is 0 Å². The molecule has 0 aromatic rings. The summed E-state index contributed by atoms with van der Waals surface area (Å²) in [7, 11) is 2.29. The van der Waals surface area contributed by atoms with Crippen molar-refractivity contribution in [2.75, 3.05) is 33.2 Å². The summed E-state index contributed by atoms with van der Waals surface area (Å²) < 4.78 is 0. The van der Waals surface area contributed by atoms with Crippen LogP contribution in [0.5, 0.6) is 0 Å². The molecule has 1 spiro atoms. The first-order valence-corrected chi connectivity index (χ1v) is 12.1. The average molecular weight is 365 g/mol. The van der Waals surface area contributed by atoms with Crippen molar-refractivity contribution >= 4 is 0 Å². The maximum Gasteiger partial charge on any atom is 0.00952 e. The Kier molecular flexibility index (Phi) is 10.6. The number of unbranched alkanes of at least 4 members (excludes halogenated alkanes) is 9. The van der Waals surface area contributed by atoms with E-state index >= 15 is 0 Å². The van der Waals surface area contributed by atoms with E-state index in [1.165, 1.54) is 122 Å². The standard InChI is InChI=1S/C24H48N2/c1-4-6-8-10-12-14-16-23(15-13-11-9-7-5-2)26-19-17-24(18-20-26)21-25(3)22-24/h23H,4-22H2,1-3H3. The van der Waals surface area contributed by atoms with E-state index < -0.39 is 0 Å². The van der Waals surface area contributed by atoms with Crippen molar-refractivity contribution < 1.29 is 0 Å². The van der Waals surface area contributed by atoms with Gasteiger partial charge in [0.1, 0.15) is 0 Å². The third kappa shape index (κ3) is 7.50. The van der Waals surface area contributed by atoms with Crippen LogP contribution in [0.2, 0.25) is 0 Å². The number of rotatable bonds is 14. The highest BCUT2D eigenvalue weighted by Gasteiger charge is 2.43. The predicted molar refractivity (Wildman–Crippen MR) is 116 cm³/mol. The molecule has 2 aliphatic rings. The second kappa shape index (κ2) is 12.4. The maximum atomic E-state index is 2.90. The molecule has 2 heterocycles. The zero-order valence-corrected chi connectivity index (χ0v) is 18.4. The molecule has 2 fully saturated rings. The predicted octanol–water partition coefficient (Wildman–Crippen LogP) is 6.49. The fraction of sp³-hybridized carbons (Fsp3) is 1.00. The van der Waals surface area contributed by atoms with E-state index in [1.807, 2.05) is 0 Å². The van der Waals surface area contributed by atoms with Gasteiger partial charge in [0, 0.05) is 19.1 Å². The fourth-order valence-corrected chi connectivity index (χ4v) is 5.43. The molecular weight excluding hydrogens is 316 g/mol. The molecule has 0 aromatic heterocycles. The summed E-state index contributed by atoms with van der Waals surface area (Å²) in [6.07, 6.45) is 21.7. The van der Waals surface area contributed by atoms with Crippen molar-refractivity contribution in [3.8, 4) is 0 Å². The van der Waals surface area contributed by atoms with Crippen LogP contribution in [-0.2, 0) is 0 Å². The Balaban J connectivity index is 1.69. The lowest BCUT2D eigenvalue weighted by atomic mass is 9.72. The van der Waals surface area contributed by atoms with Crippen molar-refractivity contribution in [3.05, 3.63) is 0 Å². The summed E-state index contributed by atoms with van der Waals surface area (Å²) in [5.41, 5.74) is 0.705. The highest BCUT2D eigenvalue weighted by molar-refractivity contribution is 4.97. The zero-order chi connectivity index (χ0) is 18.7. The first kappa shape index (κ1) is 22.2. The monoisotopic (exact) mass is 364 g/mol. The summed E-state index contributed by atoms with van der Waals surface area (Å²) in [5.74, 6) is 0. The number of hydrogen-bond acceptors (Lipinski definition) is 2. The topological polar surface area (TPSA) is 6.48 Å². The van der Waals surface area contributed by atoms with Gasteiger partial charge < -0.3 is 9.80 Å². The maximum absolute atomic E-state index is 2.90. The number of hydrogen-bond donors (Lipinski definition) is 0. The highest BCUT2D eigenvalue weighted by Crippen LogP contribution is 2.40. The Labute approximate surface area is 165 Å². The van der Waals surface area contributed by atoms with Gasteiger partial charge in [-0.1, -0.05) is 84.5 Å². The number of likely N-dealkylation sites (tertiary alicyclic amines) is 2.